The van der Waals surface area contributed by atoms with Crippen LogP contribution in [0.4, 0.5) is 13.2 Å². The molecule has 0 bridgehead atoms. The SMILES string of the molecule is CC1CN(C(=O)c2ccccc2)CCN1C(=O)C(=O)c1ccc(-c2ccc(C(F)(F)F)cn2)cc1. The predicted octanol–water partition coefficient (Wildman–Crippen LogP) is 4.32. The molecule has 2 aromatic carbocycles. The first-order valence-electron chi connectivity index (χ1n) is 11.0. The summed E-state index contributed by atoms with van der Waals surface area (Å²) in [6.07, 6.45) is -3.72. The third kappa shape index (κ3) is 5.24. The lowest BCUT2D eigenvalue weighted by molar-refractivity contribution is -0.137. The van der Waals surface area contributed by atoms with Crippen molar-refractivity contribution in [2.24, 2.45) is 0 Å². The lowest BCUT2D eigenvalue weighted by Crippen LogP contribution is -2.56. The molecule has 4 rings (SSSR count). The molecule has 1 fully saturated rings. The number of hydrogen-bond acceptors (Lipinski definition) is 4. The van der Waals surface area contributed by atoms with Gasteiger partial charge >= 0.3 is 6.18 Å². The highest BCUT2D eigenvalue weighted by molar-refractivity contribution is 6.42. The number of nitrogens with zero attached hydrogens (tertiary/aromatic N) is 3. The molecule has 0 N–H and O–H groups in total. The fraction of sp³-hybridized carbons (Fsp3) is 0.231. The van der Waals surface area contributed by atoms with Crippen molar-refractivity contribution < 1.29 is 27.6 Å². The van der Waals surface area contributed by atoms with Gasteiger partial charge in [-0.25, -0.2) is 0 Å². The quantitative estimate of drug-likeness (QED) is 0.411. The van der Waals surface area contributed by atoms with Crippen LogP contribution in [0.5, 0.6) is 0 Å². The van der Waals surface area contributed by atoms with E-state index >= 15 is 0 Å². The molecule has 0 saturated carbocycles. The van der Waals surface area contributed by atoms with Gasteiger partial charge in [-0.05, 0) is 31.2 Å². The van der Waals surface area contributed by atoms with Gasteiger partial charge < -0.3 is 9.80 Å². The number of carbonyl (C=O) groups is 3. The van der Waals surface area contributed by atoms with Crippen LogP contribution in [0.15, 0.2) is 72.9 Å². The first-order valence-corrected chi connectivity index (χ1v) is 11.0. The van der Waals surface area contributed by atoms with Crippen LogP contribution in [0.1, 0.15) is 33.2 Å². The number of amides is 2. The van der Waals surface area contributed by atoms with Gasteiger partial charge in [0.05, 0.1) is 11.3 Å². The normalized spacial score (nSPS) is 16.2. The molecule has 0 aliphatic carbocycles. The van der Waals surface area contributed by atoms with Gasteiger partial charge in [-0.1, -0.05) is 42.5 Å². The first kappa shape index (κ1) is 24.1. The number of ketones is 1. The van der Waals surface area contributed by atoms with E-state index in [4.69, 9.17) is 0 Å². The molecule has 1 saturated heterocycles. The zero-order valence-corrected chi connectivity index (χ0v) is 18.8. The number of hydrogen-bond donors (Lipinski definition) is 0. The van der Waals surface area contributed by atoms with E-state index in [1.54, 1.807) is 36.1 Å². The lowest BCUT2D eigenvalue weighted by Gasteiger charge is -2.39. The maximum Gasteiger partial charge on any atom is 0.417 e. The van der Waals surface area contributed by atoms with E-state index in [0.29, 0.717) is 29.9 Å². The molecule has 1 aliphatic heterocycles. The molecule has 0 radical (unpaired) electrons. The van der Waals surface area contributed by atoms with Crippen molar-refractivity contribution in [1.29, 1.82) is 0 Å². The highest BCUT2D eigenvalue weighted by atomic mass is 19.4. The van der Waals surface area contributed by atoms with Crippen molar-refractivity contribution in [1.82, 2.24) is 14.8 Å². The van der Waals surface area contributed by atoms with Crippen LogP contribution in [-0.2, 0) is 11.0 Å². The molecule has 6 nitrogen and oxygen atoms in total. The smallest absolute Gasteiger partial charge is 0.335 e. The molecule has 1 atom stereocenters. The Morgan fingerprint density at radius 1 is 0.886 bits per heavy atom. The van der Waals surface area contributed by atoms with Gasteiger partial charge in [-0.15, -0.1) is 0 Å². The van der Waals surface area contributed by atoms with Crippen molar-refractivity contribution in [3.8, 4) is 11.3 Å². The second-order valence-corrected chi connectivity index (χ2v) is 8.30. The zero-order valence-electron chi connectivity index (χ0n) is 18.8. The Labute approximate surface area is 200 Å². The molecule has 3 aromatic rings. The summed E-state index contributed by atoms with van der Waals surface area (Å²) in [5, 5.41) is 0. The van der Waals surface area contributed by atoms with Gasteiger partial charge in [0, 0.05) is 48.6 Å². The summed E-state index contributed by atoms with van der Waals surface area (Å²) in [6.45, 7) is 2.65. The summed E-state index contributed by atoms with van der Waals surface area (Å²) in [5.74, 6) is -1.47. The summed E-state index contributed by atoms with van der Waals surface area (Å²) in [6, 6.07) is 16.7. The van der Waals surface area contributed by atoms with E-state index < -0.39 is 23.4 Å². The average molecular weight is 481 g/mol. The Morgan fingerprint density at radius 2 is 1.57 bits per heavy atom. The van der Waals surface area contributed by atoms with Crippen LogP contribution >= 0.6 is 0 Å². The minimum atomic E-state index is -4.47. The Kier molecular flexibility index (Phi) is 6.68. The van der Waals surface area contributed by atoms with E-state index in [1.807, 2.05) is 6.07 Å². The van der Waals surface area contributed by atoms with Crippen LogP contribution in [0.2, 0.25) is 0 Å². The molecule has 2 heterocycles. The van der Waals surface area contributed by atoms with Crippen LogP contribution < -0.4 is 0 Å². The number of pyridine rings is 1. The van der Waals surface area contributed by atoms with Crippen molar-refractivity contribution in [2.75, 3.05) is 19.6 Å². The zero-order chi connectivity index (χ0) is 25.2. The third-order valence-corrected chi connectivity index (χ3v) is 5.92. The number of piperazine rings is 1. The molecule has 35 heavy (non-hydrogen) atoms. The van der Waals surface area contributed by atoms with Crippen LogP contribution in [0.3, 0.4) is 0 Å². The molecule has 1 aliphatic rings. The minimum Gasteiger partial charge on any atom is -0.335 e. The Morgan fingerprint density at radius 3 is 2.14 bits per heavy atom. The number of aromatic nitrogens is 1. The third-order valence-electron chi connectivity index (χ3n) is 5.92. The highest BCUT2D eigenvalue weighted by Gasteiger charge is 2.33. The van der Waals surface area contributed by atoms with E-state index in [9.17, 15) is 27.6 Å². The highest BCUT2D eigenvalue weighted by Crippen LogP contribution is 2.29. The monoisotopic (exact) mass is 481 g/mol. The average Bonchev–Trinajstić information content (AvgIpc) is 2.87. The summed E-state index contributed by atoms with van der Waals surface area (Å²) >= 11 is 0. The van der Waals surface area contributed by atoms with Crippen molar-refractivity contribution >= 4 is 17.6 Å². The molecule has 180 valence electrons. The van der Waals surface area contributed by atoms with Crippen LogP contribution in [0, 0.1) is 0 Å². The standard InChI is InChI=1S/C26H22F3N3O3/c1-17-16-31(24(34)20-5-3-2-4-6-20)13-14-32(17)25(35)23(33)19-9-7-18(8-10-19)22-12-11-21(15-30-22)26(27,28)29/h2-12,15,17H,13-14,16H2,1H3. The topological polar surface area (TPSA) is 70.6 Å². The minimum absolute atomic E-state index is 0.122. The molecule has 0 spiro atoms. The van der Waals surface area contributed by atoms with E-state index in [2.05, 4.69) is 4.98 Å². The molecule has 1 aromatic heterocycles. The van der Waals surface area contributed by atoms with Gasteiger partial charge in [0.2, 0.25) is 5.78 Å². The first-order chi connectivity index (χ1) is 16.6. The maximum absolute atomic E-state index is 12.9. The predicted molar refractivity (Wildman–Crippen MR) is 123 cm³/mol. The van der Waals surface area contributed by atoms with Crippen molar-refractivity contribution in [3.05, 3.63) is 89.6 Å². The molecule has 2 amide bonds. The Bertz CT molecular complexity index is 1230. The second kappa shape index (κ2) is 9.69. The second-order valence-electron chi connectivity index (χ2n) is 8.30. The fourth-order valence-corrected chi connectivity index (χ4v) is 3.99. The lowest BCUT2D eigenvalue weighted by atomic mass is 10.0. The number of carbonyl (C=O) groups excluding carboxylic acids is 3. The number of alkyl halides is 3. The van der Waals surface area contributed by atoms with Crippen molar-refractivity contribution in [3.63, 3.8) is 0 Å². The summed E-state index contributed by atoms with van der Waals surface area (Å²) in [7, 11) is 0. The Hall–Kier alpha value is -4.01. The molecular weight excluding hydrogens is 459 g/mol. The van der Waals surface area contributed by atoms with E-state index in [-0.39, 0.29) is 24.1 Å². The molecule has 1 unspecified atom stereocenters. The van der Waals surface area contributed by atoms with Gasteiger partial charge in [-0.2, -0.15) is 13.2 Å². The van der Waals surface area contributed by atoms with Crippen molar-refractivity contribution in [2.45, 2.75) is 19.1 Å². The number of Topliss-reactive ketones (excluding diaryl/α,β-unsaturated/α-hetero) is 1. The largest absolute Gasteiger partial charge is 0.417 e. The summed E-state index contributed by atoms with van der Waals surface area (Å²) in [4.78, 5) is 45.4. The fourth-order valence-electron chi connectivity index (χ4n) is 3.99. The molecular formula is C26H22F3N3O3. The van der Waals surface area contributed by atoms with Crippen LogP contribution in [0.25, 0.3) is 11.3 Å². The Balaban J connectivity index is 1.40. The number of rotatable bonds is 4. The summed E-state index contributed by atoms with van der Waals surface area (Å²) < 4.78 is 38.2. The van der Waals surface area contributed by atoms with Gasteiger partial charge in [-0.3, -0.25) is 19.4 Å². The van der Waals surface area contributed by atoms with Gasteiger partial charge in [0.15, 0.2) is 0 Å². The summed E-state index contributed by atoms with van der Waals surface area (Å²) in [5.41, 5.74) is 0.720. The maximum atomic E-state index is 12.9. The van der Waals surface area contributed by atoms with E-state index in [0.717, 1.165) is 12.3 Å². The molecule has 9 heteroatoms. The van der Waals surface area contributed by atoms with Crippen LogP contribution in [-0.4, -0.2) is 58.1 Å². The number of benzene rings is 2. The van der Waals surface area contributed by atoms with E-state index in [1.165, 1.54) is 35.2 Å². The van der Waals surface area contributed by atoms with Gasteiger partial charge in [0.25, 0.3) is 11.8 Å². The number of halogens is 3. The van der Waals surface area contributed by atoms with Gasteiger partial charge in [0.1, 0.15) is 0 Å².